The van der Waals surface area contributed by atoms with E-state index in [-0.39, 0.29) is 5.91 Å². The van der Waals surface area contributed by atoms with Gasteiger partial charge in [-0.3, -0.25) is 4.79 Å². The van der Waals surface area contributed by atoms with Crippen molar-refractivity contribution >= 4 is 17.2 Å². The van der Waals surface area contributed by atoms with Crippen LogP contribution in [0.5, 0.6) is 11.5 Å². The second kappa shape index (κ2) is 8.69. The summed E-state index contributed by atoms with van der Waals surface area (Å²) in [5, 5.41) is 2.88. The molecule has 30 heavy (non-hydrogen) atoms. The Labute approximate surface area is 175 Å². The highest BCUT2D eigenvalue weighted by Crippen LogP contribution is 2.19. The number of ether oxygens (including phenoxy) is 2. The van der Waals surface area contributed by atoms with Gasteiger partial charge in [-0.2, -0.15) is 0 Å². The molecule has 2 heterocycles. The quantitative estimate of drug-likeness (QED) is 0.480. The maximum atomic E-state index is 12.5. The molecule has 6 heteroatoms. The molecule has 2 aromatic carbocycles. The Kier molecular flexibility index (Phi) is 5.66. The van der Waals surface area contributed by atoms with Gasteiger partial charge >= 0.3 is 0 Å². The van der Waals surface area contributed by atoms with E-state index < -0.39 is 0 Å². The Morgan fingerprint density at radius 3 is 2.40 bits per heavy atom. The molecule has 0 aliphatic heterocycles. The summed E-state index contributed by atoms with van der Waals surface area (Å²) in [5.41, 5.74) is 4.16. The Balaban J connectivity index is 1.35. The lowest BCUT2D eigenvalue weighted by molar-refractivity contribution is 0.102. The molecule has 1 amide bonds. The number of rotatable bonds is 7. The minimum absolute atomic E-state index is 0.179. The number of anilines is 1. The highest BCUT2D eigenvalue weighted by atomic mass is 16.5. The van der Waals surface area contributed by atoms with Crippen LogP contribution in [0.4, 0.5) is 5.69 Å². The van der Waals surface area contributed by atoms with E-state index in [2.05, 4.69) is 10.3 Å². The number of hydrogen-bond donors (Lipinski definition) is 1. The average molecular weight is 401 g/mol. The summed E-state index contributed by atoms with van der Waals surface area (Å²) >= 11 is 0. The highest BCUT2D eigenvalue weighted by Gasteiger charge is 2.08. The Morgan fingerprint density at radius 1 is 1.00 bits per heavy atom. The second-order valence-corrected chi connectivity index (χ2v) is 6.88. The molecular formula is C24H23N3O3. The van der Waals surface area contributed by atoms with Crippen LogP contribution in [0.15, 0.2) is 73.1 Å². The minimum Gasteiger partial charge on any atom is -0.494 e. The number of pyridine rings is 1. The summed E-state index contributed by atoms with van der Waals surface area (Å²) < 4.78 is 13.2. The number of benzene rings is 2. The molecule has 0 radical (unpaired) electrons. The topological polar surface area (TPSA) is 64.9 Å². The van der Waals surface area contributed by atoms with Crippen LogP contribution in [0.2, 0.25) is 0 Å². The largest absolute Gasteiger partial charge is 0.494 e. The molecule has 0 saturated carbocycles. The number of nitrogens with zero attached hydrogens (tertiary/aromatic N) is 2. The Bertz CT molecular complexity index is 1150. The first-order valence-electron chi connectivity index (χ1n) is 9.82. The van der Waals surface area contributed by atoms with Crippen molar-refractivity contribution in [2.45, 2.75) is 20.5 Å². The van der Waals surface area contributed by atoms with E-state index in [0.717, 1.165) is 22.7 Å². The van der Waals surface area contributed by atoms with E-state index in [9.17, 15) is 4.79 Å². The van der Waals surface area contributed by atoms with Crippen molar-refractivity contribution in [3.63, 3.8) is 0 Å². The van der Waals surface area contributed by atoms with Crippen LogP contribution in [-0.2, 0) is 6.61 Å². The number of imidazole rings is 1. The summed E-state index contributed by atoms with van der Waals surface area (Å²) in [4.78, 5) is 17.1. The maximum absolute atomic E-state index is 12.5. The molecule has 0 fully saturated rings. The van der Waals surface area contributed by atoms with Crippen molar-refractivity contribution < 1.29 is 14.3 Å². The van der Waals surface area contributed by atoms with Gasteiger partial charge in [0.1, 0.15) is 23.8 Å². The first kappa shape index (κ1) is 19.5. The molecule has 0 aliphatic rings. The molecule has 152 valence electrons. The number of nitrogens with one attached hydrogen (secondary N) is 1. The van der Waals surface area contributed by atoms with Crippen molar-refractivity contribution in [1.82, 2.24) is 9.38 Å². The lowest BCUT2D eigenvalue weighted by Crippen LogP contribution is -2.11. The summed E-state index contributed by atoms with van der Waals surface area (Å²) in [6.07, 6.45) is 3.93. The predicted molar refractivity (Wildman–Crippen MR) is 116 cm³/mol. The van der Waals surface area contributed by atoms with Crippen LogP contribution in [0.1, 0.15) is 28.5 Å². The zero-order valence-electron chi connectivity index (χ0n) is 17.0. The molecule has 0 spiro atoms. The number of carbonyl (C=O) groups is 1. The second-order valence-electron chi connectivity index (χ2n) is 6.88. The molecule has 0 aliphatic carbocycles. The lowest BCUT2D eigenvalue weighted by Gasteiger charge is -2.08. The van der Waals surface area contributed by atoms with Gasteiger partial charge in [0.15, 0.2) is 0 Å². The van der Waals surface area contributed by atoms with Crippen molar-refractivity contribution in [3.05, 3.63) is 89.9 Å². The van der Waals surface area contributed by atoms with Crippen LogP contribution in [0.25, 0.3) is 5.65 Å². The summed E-state index contributed by atoms with van der Waals surface area (Å²) in [5.74, 6) is 1.28. The molecule has 4 rings (SSSR count). The van der Waals surface area contributed by atoms with Crippen LogP contribution in [-0.4, -0.2) is 21.9 Å². The van der Waals surface area contributed by atoms with E-state index in [4.69, 9.17) is 9.47 Å². The van der Waals surface area contributed by atoms with E-state index in [1.165, 1.54) is 0 Å². The third kappa shape index (κ3) is 4.43. The molecule has 4 aromatic rings. The molecule has 0 saturated heterocycles. The van der Waals surface area contributed by atoms with Crippen LogP contribution < -0.4 is 14.8 Å². The van der Waals surface area contributed by atoms with Crippen molar-refractivity contribution in [2.24, 2.45) is 0 Å². The van der Waals surface area contributed by atoms with Crippen molar-refractivity contribution in [2.75, 3.05) is 11.9 Å². The van der Waals surface area contributed by atoms with Gasteiger partial charge in [-0.15, -0.1) is 0 Å². The molecule has 6 nitrogen and oxygen atoms in total. The van der Waals surface area contributed by atoms with E-state index in [0.29, 0.717) is 30.2 Å². The summed E-state index contributed by atoms with van der Waals surface area (Å²) in [7, 11) is 0. The zero-order valence-corrected chi connectivity index (χ0v) is 17.0. The SMILES string of the molecule is CCOc1ccc(NC(=O)c2ccc(OCc3cn4cccc(C)c4n3)cc2)cc1. The zero-order chi connectivity index (χ0) is 20.9. The first-order chi connectivity index (χ1) is 14.6. The van der Waals surface area contributed by atoms with Gasteiger partial charge < -0.3 is 19.2 Å². The molecule has 0 bridgehead atoms. The lowest BCUT2D eigenvalue weighted by atomic mass is 10.2. The number of hydrogen-bond acceptors (Lipinski definition) is 4. The Hall–Kier alpha value is -3.80. The van der Waals surface area contributed by atoms with Crippen LogP contribution in [0.3, 0.4) is 0 Å². The maximum Gasteiger partial charge on any atom is 0.255 e. The molecule has 0 unspecified atom stereocenters. The molecule has 0 atom stereocenters. The Morgan fingerprint density at radius 2 is 1.70 bits per heavy atom. The normalized spacial score (nSPS) is 10.7. The fraction of sp³-hybridized carbons (Fsp3) is 0.167. The van der Waals surface area contributed by atoms with E-state index in [1.54, 1.807) is 24.3 Å². The minimum atomic E-state index is -0.179. The van der Waals surface area contributed by atoms with Crippen molar-refractivity contribution in [1.29, 1.82) is 0 Å². The summed E-state index contributed by atoms with van der Waals surface area (Å²) in [6.45, 7) is 4.93. The average Bonchev–Trinajstić information content (AvgIpc) is 3.19. The van der Waals surface area contributed by atoms with Gasteiger partial charge in [0, 0.05) is 23.6 Å². The van der Waals surface area contributed by atoms with E-state index in [1.807, 2.05) is 67.0 Å². The number of aryl methyl sites for hydroxylation is 1. The number of aromatic nitrogens is 2. The van der Waals surface area contributed by atoms with Gasteiger partial charge in [-0.25, -0.2) is 4.98 Å². The molecule has 2 aromatic heterocycles. The van der Waals surface area contributed by atoms with Gasteiger partial charge in [-0.1, -0.05) is 6.07 Å². The summed E-state index contributed by atoms with van der Waals surface area (Å²) in [6, 6.07) is 18.4. The first-order valence-corrected chi connectivity index (χ1v) is 9.82. The van der Waals surface area contributed by atoms with Crippen LogP contribution >= 0.6 is 0 Å². The third-order valence-corrected chi connectivity index (χ3v) is 4.65. The third-order valence-electron chi connectivity index (χ3n) is 4.65. The fourth-order valence-electron chi connectivity index (χ4n) is 3.14. The predicted octanol–water partition coefficient (Wildman–Crippen LogP) is 4.87. The van der Waals surface area contributed by atoms with Gasteiger partial charge in [0.05, 0.1) is 12.3 Å². The van der Waals surface area contributed by atoms with Gasteiger partial charge in [0.2, 0.25) is 0 Å². The molecular weight excluding hydrogens is 378 g/mol. The smallest absolute Gasteiger partial charge is 0.255 e. The standard InChI is InChI=1S/C24H23N3O3/c1-3-29-21-12-8-19(9-13-21)26-24(28)18-6-10-22(11-7-18)30-16-20-15-27-14-4-5-17(2)23(27)25-20/h4-15H,3,16H2,1-2H3,(H,26,28). The van der Waals surface area contributed by atoms with Crippen molar-refractivity contribution in [3.8, 4) is 11.5 Å². The number of carbonyl (C=O) groups excluding carboxylic acids is 1. The number of amides is 1. The molecule has 1 N–H and O–H groups in total. The number of fused-ring (bicyclic) bond motifs is 1. The fourth-order valence-corrected chi connectivity index (χ4v) is 3.14. The van der Waals surface area contributed by atoms with Gasteiger partial charge in [-0.05, 0) is 74.0 Å². The van der Waals surface area contributed by atoms with Gasteiger partial charge in [0.25, 0.3) is 5.91 Å². The monoisotopic (exact) mass is 401 g/mol. The highest BCUT2D eigenvalue weighted by molar-refractivity contribution is 6.04. The van der Waals surface area contributed by atoms with Crippen LogP contribution in [0, 0.1) is 6.92 Å². The van der Waals surface area contributed by atoms with E-state index >= 15 is 0 Å².